The fraction of sp³-hybridized carbons (Fsp3) is 0.478. The van der Waals surface area contributed by atoms with E-state index in [4.69, 9.17) is 0 Å². The van der Waals surface area contributed by atoms with E-state index >= 15 is 0 Å². The van der Waals surface area contributed by atoms with Gasteiger partial charge in [-0.2, -0.15) is 8.78 Å². The van der Waals surface area contributed by atoms with Crippen LogP contribution in [0.1, 0.15) is 32.1 Å². The quantitative estimate of drug-likeness (QED) is 0.577. The number of likely N-dealkylation sites (N-methyl/N-ethyl adjacent to an activating group) is 1. The molecule has 0 saturated heterocycles. The lowest BCUT2D eigenvalue weighted by Gasteiger charge is -2.31. The molecule has 4 aliphatic carbocycles. The largest absolute Gasteiger partial charge is 0.435 e. The number of nitrogens with zero attached hydrogens (tertiary/aromatic N) is 1. The molecule has 2 fully saturated rings. The molecule has 2 saturated carbocycles. The second-order valence-electron chi connectivity index (χ2n) is 8.82. The predicted molar refractivity (Wildman–Crippen MR) is 118 cm³/mol. The van der Waals surface area contributed by atoms with Gasteiger partial charge in [-0.15, -0.1) is 0 Å². The number of nitrogens with one attached hydrogen (secondary N) is 2. The van der Waals surface area contributed by atoms with Crippen molar-refractivity contribution in [2.24, 2.45) is 5.92 Å². The summed E-state index contributed by atoms with van der Waals surface area (Å²) >= 11 is 0. The monoisotopic (exact) mass is 463 g/mol. The molecule has 0 aromatic carbocycles. The standard InChI is InChI=1S/C23H27F2N3O3S/c1-26-21-19-11-8-17(31-23(24)25)12-20(19)28(13-14-2-3-14)22(21)15-4-6-16(7-5-15)27-32(29,30)18-9-10-18/h4,6-8,11-12,14,18,20,23,26-27H,2-3,5,9-10,13H2,1H3. The average Bonchev–Trinajstić information content (AvgIpc) is 3.65. The summed E-state index contributed by atoms with van der Waals surface area (Å²) in [5.74, 6) is 0.762. The van der Waals surface area contributed by atoms with Crippen LogP contribution in [-0.2, 0) is 14.8 Å². The van der Waals surface area contributed by atoms with Crippen molar-refractivity contribution in [3.63, 3.8) is 0 Å². The summed E-state index contributed by atoms with van der Waals surface area (Å²) in [6, 6.07) is -0.175. The number of ether oxygens (including phenoxy) is 1. The van der Waals surface area contributed by atoms with Gasteiger partial charge in [-0.05, 0) is 61.8 Å². The number of fused-ring (bicyclic) bond motifs is 1. The van der Waals surface area contributed by atoms with E-state index in [1.807, 2.05) is 25.3 Å². The predicted octanol–water partition coefficient (Wildman–Crippen LogP) is 3.43. The summed E-state index contributed by atoms with van der Waals surface area (Å²) in [5.41, 5.74) is 4.68. The first-order chi connectivity index (χ1) is 15.4. The molecule has 0 amide bonds. The van der Waals surface area contributed by atoms with Crippen LogP contribution in [0.3, 0.4) is 0 Å². The zero-order valence-corrected chi connectivity index (χ0v) is 18.7. The Balaban J connectivity index is 1.45. The van der Waals surface area contributed by atoms with Gasteiger partial charge in [-0.25, -0.2) is 8.42 Å². The van der Waals surface area contributed by atoms with E-state index in [0.717, 1.165) is 41.9 Å². The van der Waals surface area contributed by atoms with Crippen molar-refractivity contribution >= 4 is 10.0 Å². The maximum atomic E-state index is 12.8. The number of hydrogen-bond acceptors (Lipinski definition) is 5. The zero-order valence-electron chi connectivity index (χ0n) is 17.9. The number of alkyl halides is 2. The van der Waals surface area contributed by atoms with E-state index in [2.05, 4.69) is 19.7 Å². The van der Waals surface area contributed by atoms with Gasteiger partial charge in [-0.3, -0.25) is 4.72 Å². The Morgan fingerprint density at radius 1 is 1.16 bits per heavy atom. The molecule has 9 heteroatoms. The van der Waals surface area contributed by atoms with E-state index in [0.29, 0.717) is 18.0 Å². The molecule has 172 valence electrons. The Hall–Kier alpha value is -2.55. The Kier molecular flexibility index (Phi) is 5.39. The number of rotatable bonds is 8. The second kappa shape index (κ2) is 8.10. The van der Waals surface area contributed by atoms with Gasteiger partial charge < -0.3 is 15.0 Å². The highest BCUT2D eigenvalue weighted by Crippen LogP contribution is 2.43. The van der Waals surface area contributed by atoms with Crippen LogP contribution in [0.2, 0.25) is 0 Å². The summed E-state index contributed by atoms with van der Waals surface area (Å²) in [7, 11) is -1.44. The first-order valence-electron chi connectivity index (χ1n) is 11.0. The van der Waals surface area contributed by atoms with Crippen LogP contribution in [0.25, 0.3) is 0 Å². The van der Waals surface area contributed by atoms with Gasteiger partial charge in [0.1, 0.15) is 5.76 Å². The van der Waals surface area contributed by atoms with Crippen LogP contribution in [0.4, 0.5) is 8.78 Å². The number of halogens is 2. The summed E-state index contributed by atoms with van der Waals surface area (Å²) in [6.45, 7) is -2.02. The fourth-order valence-corrected chi connectivity index (χ4v) is 5.88. The summed E-state index contributed by atoms with van der Waals surface area (Å²) in [4.78, 5) is 2.27. The zero-order chi connectivity index (χ0) is 22.5. The van der Waals surface area contributed by atoms with Gasteiger partial charge in [0.2, 0.25) is 10.0 Å². The molecule has 2 N–H and O–H groups in total. The highest BCUT2D eigenvalue weighted by molar-refractivity contribution is 7.90. The second-order valence-corrected chi connectivity index (χ2v) is 10.8. The molecular formula is C23H27F2N3O3S. The number of allylic oxidation sites excluding steroid dienone is 5. The third-order valence-electron chi connectivity index (χ3n) is 6.38. The molecule has 5 rings (SSSR count). The minimum absolute atomic E-state index is 0.173. The van der Waals surface area contributed by atoms with Crippen LogP contribution < -0.4 is 10.0 Å². The van der Waals surface area contributed by atoms with E-state index in [1.165, 1.54) is 12.8 Å². The molecule has 0 spiro atoms. The van der Waals surface area contributed by atoms with Crippen LogP contribution in [-0.4, -0.2) is 44.8 Å². The smallest absolute Gasteiger partial charge is 0.387 e. The molecular weight excluding hydrogens is 436 g/mol. The average molecular weight is 464 g/mol. The van der Waals surface area contributed by atoms with Gasteiger partial charge in [-0.1, -0.05) is 18.2 Å². The normalized spacial score (nSPS) is 27.5. The highest BCUT2D eigenvalue weighted by Gasteiger charge is 2.40. The van der Waals surface area contributed by atoms with Crippen molar-refractivity contribution in [3.05, 3.63) is 70.5 Å². The molecule has 0 bridgehead atoms. The topological polar surface area (TPSA) is 70.7 Å². The lowest BCUT2D eigenvalue weighted by Crippen LogP contribution is -2.33. The van der Waals surface area contributed by atoms with Gasteiger partial charge in [0.15, 0.2) is 0 Å². The van der Waals surface area contributed by atoms with Crippen LogP contribution in [0, 0.1) is 5.92 Å². The molecule has 5 aliphatic rings. The molecule has 0 aromatic rings. The van der Waals surface area contributed by atoms with Crippen LogP contribution in [0.5, 0.6) is 0 Å². The first-order valence-corrected chi connectivity index (χ1v) is 12.6. The third-order valence-corrected chi connectivity index (χ3v) is 8.25. The van der Waals surface area contributed by atoms with Crippen molar-refractivity contribution < 1.29 is 21.9 Å². The molecule has 1 atom stereocenters. The van der Waals surface area contributed by atoms with Crippen molar-refractivity contribution in [1.29, 1.82) is 0 Å². The van der Waals surface area contributed by atoms with E-state index in [-0.39, 0.29) is 17.1 Å². The van der Waals surface area contributed by atoms with Crippen LogP contribution >= 0.6 is 0 Å². The number of sulfonamides is 1. The summed E-state index contributed by atoms with van der Waals surface area (Å²) in [6.07, 6.45) is 15.2. The van der Waals surface area contributed by atoms with Gasteiger partial charge in [0, 0.05) is 24.9 Å². The van der Waals surface area contributed by atoms with Gasteiger partial charge >= 0.3 is 6.61 Å². The summed E-state index contributed by atoms with van der Waals surface area (Å²) < 4.78 is 57.4. The highest BCUT2D eigenvalue weighted by atomic mass is 32.2. The van der Waals surface area contributed by atoms with Gasteiger partial charge in [0.05, 0.1) is 22.7 Å². The van der Waals surface area contributed by atoms with Crippen molar-refractivity contribution in [2.75, 3.05) is 13.6 Å². The number of hydrogen-bond donors (Lipinski definition) is 2. The Morgan fingerprint density at radius 2 is 1.94 bits per heavy atom. The molecule has 1 heterocycles. The van der Waals surface area contributed by atoms with Crippen molar-refractivity contribution in [3.8, 4) is 0 Å². The van der Waals surface area contributed by atoms with E-state index in [9.17, 15) is 17.2 Å². The minimum Gasteiger partial charge on any atom is -0.435 e. The Bertz CT molecular complexity index is 1090. The molecule has 1 aliphatic heterocycles. The molecule has 1 unspecified atom stereocenters. The lowest BCUT2D eigenvalue weighted by molar-refractivity contribution is -0.0926. The minimum atomic E-state index is -3.30. The molecule has 32 heavy (non-hydrogen) atoms. The van der Waals surface area contributed by atoms with Crippen LogP contribution in [0.15, 0.2) is 70.5 Å². The van der Waals surface area contributed by atoms with Crippen molar-refractivity contribution in [1.82, 2.24) is 14.9 Å². The SMILES string of the molecule is CNC1=C2C=CC(OC(F)F)=CC2N(CC2CC2)C1=C1C=CC(NS(=O)(=O)C2CC2)=CC1. The van der Waals surface area contributed by atoms with Crippen molar-refractivity contribution in [2.45, 2.75) is 50.0 Å². The molecule has 0 radical (unpaired) electrons. The molecule has 6 nitrogen and oxygen atoms in total. The summed E-state index contributed by atoms with van der Waals surface area (Å²) in [5, 5.41) is 3.04. The Labute approximate surface area is 187 Å². The van der Waals surface area contributed by atoms with E-state index in [1.54, 1.807) is 18.2 Å². The third kappa shape index (κ3) is 4.22. The maximum Gasteiger partial charge on any atom is 0.387 e. The van der Waals surface area contributed by atoms with Gasteiger partial charge in [0.25, 0.3) is 0 Å². The first kappa shape index (κ1) is 21.3. The Morgan fingerprint density at radius 3 is 2.53 bits per heavy atom. The van der Waals surface area contributed by atoms with E-state index < -0.39 is 16.6 Å². The maximum absolute atomic E-state index is 12.8. The lowest BCUT2D eigenvalue weighted by atomic mass is 10.00. The molecule has 0 aromatic heterocycles. The fourth-order valence-electron chi connectivity index (χ4n) is 4.48.